The lowest BCUT2D eigenvalue weighted by molar-refractivity contribution is -0.157. The van der Waals surface area contributed by atoms with Crippen LogP contribution in [-0.4, -0.2) is 37.3 Å². The van der Waals surface area contributed by atoms with Gasteiger partial charge >= 0.3 is 0 Å². The second-order valence-electron chi connectivity index (χ2n) is 11.3. The molecule has 4 aliphatic carbocycles. The van der Waals surface area contributed by atoms with E-state index in [-0.39, 0.29) is 11.5 Å². The molecule has 0 aromatic rings. The topological polar surface area (TPSA) is 49.7 Å². The maximum absolute atomic E-state index is 10.5. The number of hydrogen-bond acceptors (Lipinski definition) is 3. The fraction of sp³-hybridized carbons (Fsp3) is 1.00. The quantitative estimate of drug-likeness (QED) is 0.705. The van der Waals surface area contributed by atoms with Crippen molar-refractivity contribution in [1.82, 2.24) is 0 Å². The van der Waals surface area contributed by atoms with Gasteiger partial charge in [-0.25, -0.2) is 0 Å². The van der Waals surface area contributed by atoms with Crippen LogP contribution in [0.5, 0.6) is 0 Å². The third-order valence-corrected chi connectivity index (χ3v) is 10.0. The van der Waals surface area contributed by atoms with Crippen molar-refractivity contribution in [2.24, 2.45) is 34.5 Å². The molecule has 0 saturated heterocycles. The Morgan fingerprint density at radius 2 is 1.73 bits per heavy atom. The van der Waals surface area contributed by atoms with Gasteiger partial charge < -0.3 is 14.6 Å². The van der Waals surface area contributed by atoms with Gasteiger partial charge in [0.2, 0.25) is 0 Å². The molecular weight excluding hydrogens is 340 g/mol. The van der Waals surface area contributed by atoms with Gasteiger partial charge in [-0.15, -0.1) is 0 Å². The zero-order valence-corrected chi connectivity index (χ0v) is 18.3. The maximum atomic E-state index is 10.5. The van der Waals surface area contributed by atoms with E-state index in [1.54, 1.807) is 0 Å². The van der Waals surface area contributed by atoms with E-state index in [2.05, 4.69) is 26.6 Å². The molecule has 26 heavy (non-hydrogen) atoms. The Morgan fingerprint density at radius 3 is 2.42 bits per heavy atom. The van der Waals surface area contributed by atoms with E-state index in [1.165, 1.54) is 38.5 Å². The summed E-state index contributed by atoms with van der Waals surface area (Å²) in [4.78, 5) is 0. The molecule has 8 atom stereocenters. The summed E-state index contributed by atoms with van der Waals surface area (Å²) in [5.74, 6) is 2.75. The number of rotatable bonds is 3. The van der Waals surface area contributed by atoms with Crippen molar-refractivity contribution in [2.75, 3.05) is 6.61 Å². The van der Waals surface area contributed by atoms with E-state index in [9.17, 15) is 10.2 Å². The molecule has 0 heterocycles. The highest BCUT2D eigenvalue weighted by atomic mass is 28.4. The van der Waals surface area contributed by atoms with Crippen molar-refractivity contribution in [2.45, 2.75) is 96.6 Å². The summed E-state index contributed by atoms with van der Waals surface area (Å²) in [7, 11) is -1.51. The van der Waals surface area contributed by atoms with E-state index in [0.29, 0.717) is 30.0 Å². The predicted octanol–water partition coefficient (Wildman–Crippen LogP) is 4.58. The molecule has 4 fully saturated rings. The number of hydrogen-bond donors (Lipinski definition) is 2. The van der Waals surface area contributed by atoms with Crippen molar-refractivity contribution < 1.29 is 14.6 Å². The largest absolute Gasteiger partial charge is 0.414 e. The van der Waals surface area contributed by atoms with Gasteiger partial charge in [0, 0.05) is 6.61 Å². The van der Waals surface area contributed by atoms with Gasteiger partial charge in [-0.3, -0.25) is 0 Å². The third kappa shape index (κ3) is 2.94. The molecule has 150 valence electrons. The van der Waals surface area contributed by atoms with Crippen LogP contribution in [0, 0.1) is 34.5 Å². The van der Waals surface area contributed by atoms with Crippen LogP contribution < -0.4 is 0 Å². The monoisotopic (exact) mass is 380 g/mol. The van der Waals surface area contributed by atoms with Crippen LogP contribution in [-0.2, 0) is 4.43 Å². The highest BCUT2D eigenvalue weighted by Crippen LogP contribution is 2.66. The standard InChI is InChI=1S/C22H40O3Si/c1-21-11-10-19-17(18(21)7-8-20(21)25-26(2,3)4)6-5-15-13-16(24)9-12-22(15,19)14-23/h15-20,23-24H,5-14H2,1-4H3/t15-,16-,17-,18-,19-,20?,21-,22+/m0/s1. The second kappa shape index (κ2) is 6.57. The summed E-state index contributed by atoms with van der Waals surface area (Å²) in [6, 6.07) is 0. The summed E-state index contributed by atoms with van der Waals surface area (Å²) in [6.45, 7) is 9.84. The lowest BCUT2D eigenvalue weighted by Gasteiger charge is -2.61. The Balaban J connectivity index is 1.58. The normalized spacial score (nSPS) is 51.5. The van der Waals surface area contributed by atoms with Crippen LogP contribution >= 0.6 is 0 Å². The van der Waals surface area contributed by atoms with Crippen LogP contribution in [0.25, 0.3) is 0 Å². The summed E-state index contributed by atoms with van der Waals surface area (Å²) < 4.78 is 6.68. The Hall–Kier alpha value is 0.0969. The predicted molar refractivity (Wildman–Crippen MR) is 107 cm³/mol. The smallest absolute Gasteiger partial charge is 0.184 e. The molecule has 4 saturated carbocycles. The van der Waals surface area contributed by atoms with E-state index in [1.807, 2.05) is 0 Å². The molecule has 0 aromatic carbocycles. The van der Waals surface area contributed by atoms with Crippen LogP contribution in [0.15, 0.2) is 0 Å². The first-order chi connectivity index (χ1) is 12.2. The van der Waals surface area contributed by atoms with Crippen molar-refractivity contribution in [3.8, 4) is 0 Å². The minimum absolute atomic E-state index is 0.0984. The molecule has 0 amide bonds. The van der Waals surface area contributed by atoms with E-state index >= 15 is 0 Å². The molecule has 3 nitrogen and oxygen atoms in total. The molecule has 1 unspecified atom stereocenters. The van der Waals surface area contributed by atoms with Gasteiger partial charge in [0.05, 0.1) is 12.2 Å². The summed E-state index contributed by atoms with van der Waals surface area (Å²) in [5.41, 5.74) is 0.445. The van der Waals surface area contributed by atoms with Gasteiger partial charge in [-0.05, 0) is 112 Å². The summed E-state index contributed by atoms with van der Waals surface area (Å²) in [5, 5.41) is 20.7. The van der Waals surface area contributed by atoms with Gasteiger partial charge in [-0.2, -0.15) is 0 Å². The first kappa shape index (κ1) is 19.4. The molecule has 4 heteroatoms. The average Bonchev–Trinajstić information content (AvgIpc) is 2.89. The van der Waals surface area contributed by atoms with Gasteiger partial charge in [-0.1, -0.05) is 6.92 Å². The molecule has 0 bridgehead atoms. The Kier molecular flexibility index (Phi) is 4.91. The second-order valence-corrected chi connectivity index (χ2v) is 15.8. The molecular formula is C22H40O3Si. The van der Waals surface area contributed by atoms with Gasteiger partial charge in [0.1, 0.15) is 0 Å². The zero-order chi connectivity index (χ0) is 18.7. The molecule has 0 aliphatic heterocycles. The summed E-state index contributed by atoms with van der Waals surface area (Å²) in [6.07, 6.45) is 10.8. The Bertz CT molecular complexity index is 532. The van der Waals surface area contributed by atoms with E-state index in [0.717, 1.165) is 31.1 Å². The van der Waals surface area contributed by atoms with Crippen molar-refractivity contribution >= 4 is 8.32 Å². The van der Waals surface area contributed by atoms with E-state index in [4.69, 9.17) is 4.43 Å². The SMILES string of the molecule is C[C@]12CC[C@H]3[C@@H](CC[C@H]4C[C@@H](O)CC[C@@]43CO)[C@@H]1CCC2O[Si](C)(C)C. The Morgan fingerprint density at radius 1 is 0.962 bits per heavy atom. The first-order valence-corrected chi connectivity index (χ1v) is 14.6. The zero-order valence-electron chi connectivity index (χ0n) is 17.3. The van der Waals surface area contributed by atoms with E-state index < -0.39 is 8.32 Å². The van der Waals surface area contributed by atoms with Gasteiger partial charge in [0.15, 0.2) is 8.32 Å². The number of aliphatic hydroxyl groups excluding tert-OH is 2. The van der Waals surface area contributed by atoms with Crippen molar-refractivity contribution in [3.63, 3.8) is 0 Å². The first-order valence-electron chi connectivity index (χ1n) is 11.2. The summed E-state index contributed by atoms with van der Waals surface area (Å²) >= 11 is 0. The third-order valence-electron chi connectivity index (χ3n) is 9.04. The molecule has 0 radical (unpaired) electrons. The average molecular weight is 381 g/mol. The highest BCUT2D eigenvalue weighted by molar-refractivity contribution is 6.69. The van der Waals surface area contributed by atoms with Crippen LogP contribution in [0.2, 0.25) is 19.6 Å². The lowest BCUT2D eigenvalue weighted by atomic mass is 9.44. The molecule has 0 aromatic heterocycles. The van der Waals surface area contributed by atoms with Gasteiger partial charge in [0.25, 0.3) is 0 Å². The van der Waals surface area contributed by atoms with Crippen molar-refractivity contribution in [3.05, 3.63) is 0 Å². The minimum atomic E-state index is -1.51. The molecule has 4 rings (SSSR count). The molecule has 0 spiro atoms. The van der Waals surface area contributed by atoms with Crippen LogP contribution in [0.4, 0.5) is 0 Å². The molecule has 2 N–H and O–H groups in total. The number of fused-ring (bicyclic) bond motifs is 5. The minimum Gasteiger partial charge on any atom is -0.414 e. The van der Waals surface area contributed by atoms with Crippen molar-refractivity contribution in [1.29, 1.82) is 0 Å². The maximum Gasteiger partial charge on any atom is 0.184 e. The van der Waals surface area contributed by atoms with Crippen LogP contribution in [0.3, 0.4) is 0 Å². The number of aliphatic hydroxyl groups is 2. The molecule has 4 aliphatic rings. The van der Waals surface area contributed by atoms with Crippen LogP contribution in [0.1, 0.15) is 64.7 Å². The fourth-order valence-corrected chi connectivity index (χ4v) is 9.15. The Labute approximate surface area is 161 Å². The fourth-order valence-electron chi connectivity index (χ4n) is 7.91. The highest BCUT2D eigenvalue weighted by Gasteiger charge is 2.61. The lowest BCUT2D eigenvalue weighted by Crippen LogP contribution is -2.57.